The molecule has 2 N–H and O–H groups in total. The van der Waals surface area contributed by atoms with E-state index in [1.165, 1.54) is 30.3 Å². The zero-order valence-electron chi connectivity index (χ0n) is 10.3. The van der Waals surface area contributed by atoms with E-state index >= 15 is 0 Å². The molecule has 0 saturated carbocycles. The SMILES string of the molecule is Cc1ccc(O)c(C(=O)c2ccc(C(=O)O)cc2)c1. The molecule has 96 valence electrons. The van der Waals surface area contributed by atoms with Crippen LogP contribution in [-0.4, -0.2) is 22.0 Å². The molecule has 0 saturated heterocycles. The Kier molecular flexibility index (Phi) is 3.33. The summed E-state index contributed by atoms with van der Waals surface area (Å²) in [6.07, 6.45) is 0. The number of aromatic carboxylic acids is 1. The number of hydrogen-bond acceptors (Lipinski definition) is 3. The van der Waals surface area contributed by atoms with Crippen LogP contribution >= 0.6 is 0 Å². The number of benzene rings is 2. The van der Waals surface area contributed by atoms with Gasteiger partial charge in [-0.2, -0.15) is 0 Å². The summed E-state index contributed by atoms with van der Waals surface area (Å²) >= 11 is 0. The summed E-state index contributed by atoms with van der Waals surface area (Å²) in [5.74, 6) is -1.46. The van der Waals surface area contributed by atoms with Crippen molar-refractivity contribution in [2.75, 3.05) is 0 Å². The zero-order chi connectivity index (χ0) is 14.0. The van der Waals surface area contributed by atoms with Crippen molar-refractivity contribution in [1.82, 2.24) is 0 Å². The van der Waals surface area contributed by atoms with E-state index in [9.17, 15) is 14.7 Å². The van der Waals surface area contributed by atoms with E-state index < -0.39 is 5.97 Å². The highest BCUT2D eigenvalue weighted by Crippen LogP contribution is 2.22. The molecule has 0 fully saturated rings. The van der Waals surface area contributed by atoms with Gasteiger partial charge in [0, 0.05) is 5.56 Å². The fraction of sp³-hybridized carbons (Fsp3) is 0.0667. The molecule has 0 heterocycles. The molecule has 2 aromatic rings. The van der Waals surface area contributed by atoms with Crippen molar-refractivity contribution in [2.24, 2.45) is 0 Å². The zero-order valence-corrected chi connectivity index (χ0v) is 10.3. The van der Waals surface area contributed by atoms with Crippen LogP contribution < -0.4 is 0 Å². The van der Waals surface area contributed by atoms with E-state index in [2.05, 4.69) is 0 Å². The summed E-state index contributed by atoms with van der Waals surface area (Å²) in [6.45, 7) is 1.82. The number of carbonyl (C=O) groups excluding carboxylic acids is 1. The van der Waals surface area contributed by atoms with Crippen LogP contribution in [0.5, 0.6) is 5.75 Å². The maximum Gasteiger partial charge on any atom is 0.335 e. The van der Waals surface area contributed by atoms with Gasteiger partial charge in [0.15, 0.2) is 5.78 Å². The van der Waals surface area contributed by atoms with Gasteiger partial charge in [0.05, 0.1) is 11.1 Å². The van der Waals surface area contributed by atoms with Crippen LogP contribution in [0.15, 0.2) is 42.5 Å². The molecule has 0 amide bonds. The lowest BCUT2D eigenvalue weighted by atomic mass is 10.00. The Morgan fingerprint density at radius 1 is 0.947 bits per heavy atom. The van der Waals surface area contributed by atoms with E-state index in [0.717, 1.165) is 5.56 Å². The van der Waals surface area contributed by atoms with Crippen molar-refractivity contribution in [3.8, 4) is 5.75 Å². The Hall–Kier alpha value is -2.62. The standard InChI is InChI=1S/C15H12O4/c1-9-2-7-13(16)12(8-9)14(17)10-3-5-11(6-4-10)15(18)19/h2-8,16H,1H3,(H,18,19). The highest BCUT2D eigenvalue weighted by Gasteiger charge is 2.14. The van der Waals surface area contributed by atoms with Gasteiger partial charge in [-0.25, -0.2) is 4.79 Å². The van der Waals surface area contributed by atoms with Crippen molar-refractivity contribution >= 4 is 11.8 Å². The first-order chi connectivity index (χ1) is 8.99. The molecule has 0 atom stereocenters. The van der Waals surface area contributed by atoms with Crippen LogP contribution in [0.25, 0.3) is 0 Å². The van der Waals surface area contributed by atoms with Gasteiger partial charge in [0.2, 0.25) is 0 Å². The van der Waals surface area contributed by atoms with E-state index in [0.29, 0.717) is 5.56 Å². The maximum absolute atomic E-state index is 12.2. The van der Waals surface area contributed by atoms with Gasteiger partial charge in [-0.05, 0) is 31.2 Å². The summed E-state index contributed by atoms with van der Waals surface area (Å²) in [6, 6.07) is 10.4. The number of phenols is 1. The third-order valence-corrected chi connectivity index (χ3v) is 2.79. The van der Waals surface area contributed by atoms with Crippen LogP contribution in [0, 0.1) is 6.92 Å². The first kappa shape index (κ1) is 12.8. The Labute approximate surface area is 109 Å². The topological polar surface area (TPSA) is 74.6 Å². The van der Waals surface area contributed by atoms with Gasteiger partial charge in [-0.1, -0.05) is 23.8 Å². The Balaban J connectivity index is 2.38. The molecule has 4 nitrogen and oxygen atoms in total. The smallest absolute Gasteiger partial charge is 0.335 e. The number of carboxylic acid groups (broad SMARTS) is 1. The largest absolute Gasteiger partial charge is 0.507 e. The maximum atomic E-state index is 12.2. The van der Waals surface area contributed by atoms with Gasteiger partial charge in [0.25, 0.3) is 0 Å². The van der Waals surface area contributed by atoms with Crippen molar-refractivity contribution in [3.63, 3.8) is 0 Å². The van der Waals surface area contributed by atoms with Crippen LogP contribution in [0.2, 0.25) is 0 Å². The van der Waals surface area contributed by atoms with Crippen LogP contribution in [0.3, 0.4) is 0 Å². The highest BCUT2D eigenvalue weighted by molar-refractivity contribution is 6.11. The number of hydrogen-bond donors (Lipinski definition) is 2. The van der Waals surface area contributed by atoms with E-state index in [1.54, 1.807) is 12.1 Å². The first-order valence-corrected chi connectivity index (χ1v) is 5.66. The Morgan fingerprint density at radius 2 is 1.53 bits per heavy atom. The minimum atomic E-state index is -1.04. The molecule has 2 aromatic carbocycles. The van der Waals surface area contributed by atoms with Gasteiger partial charge in [-0.3, -0.25) is 4.79 Å². The molecular formula is C15H12O4. The number of aryl methyl sites for hydroxylation is 1. The van der Waals surface area contributed by atoms with Gasteiger partial charge < -0.3 is 10.2 Å². The highest BCUT2D eigenvalue weighted by atomic mass is 16.4. The Bertz CT molecular complexity index is 642. The molecule has 0 aromatic heterocycles. The molecule has 0 unspecified atom stereocenters. The molecule has 4 heteroatoms. The van der Waals surface area contributed by atoms with Crippen LogP contribution in [-0.2, 0) is 0 Å². The van der Waals surface area contributed by atoms with Gasteiger partial charge in [0.1, 0.15) is 5.75 Å². The van der Waals surface area contributed by atoms with E-state index in [1.807, 2.05) is 6.92 Å². The monoisotopic (exact) mass is 256 g/mol. The average molecular weight is 256 g/mol. The summed E-state index contributed by atoms with van der Waals surface area (Å²) < 4.78 is 0. The second-order valence-electron chi connectivity index (χ2n) is 4.23. The first-order valence-electron chi connectivity index (χ1n) is 5.66. The molecule has 0 bridgehead atoms. The van der Waals surface area contributed by atoms with Gasteiger partial charge >= 0.3 is 5.97 Å². The lowest BCUT2D eigenvalue weighted by molar-refractivity contribution is 0.0696. The molecule has 2 rings (SSSR count). The number of rotatable bonds is 3. The third-order valence-electron chi connectivity index (χ3n) is 2.79. The molecule has 0 aliphatic rings. The summed E-state index contributed by atoms with van der Waals surface area (Å²) in [5.41, 5.74) is 1.53. The number of phenolic OH excluding ortho intramolecular Hbond substituents is 1. The second kappa shape index (κ2) is 4.94. The lowest BCUT2D eigenvalue weighted by Gasteiger charge is -2.05. The lowest BCUT2D eigenvalue weighted by Crippen LogP contribution is -2.03. The number of aromatic hydroxyl groups is 1. The van der Waals surface area contributed by atoms with Crippen molar-refractivity contribution < 1.29 is 19.8 Å². The summed E-state index contributed by atoms with van der Waals surface area (Å²) in [4.78, 5) is 22.9. The molecular weight excluding hydrogens is 244 g/mol. The van der Waals surface area contributed by atoms with Crippen molar-refractivity contribution in [2.45, 2.75) is 6.92 Å². The third kappa shape index (κ3) is 2.63. The number of carbonyl (C=O) groups is 2. The fourth-order valence-corrected chi connectivity index (χ4v) is 1.75. The van der Waals surface area contributed by atoms with E-state index in [4.69, 9.17) is 5.11 Å². The molecule has 0 aliphatic heterocycles. The van der Waals surface area contributed by atoms with Crippen molar-refractivity contribution in [3.05, 3.63) is 64.7 Å². The number of ketones is 1. The normalized spacial score (nSPS) is 10.2. The molecule has 0 radical (unpaired) electrons. The predicted octanol–water partition coefficient (Wildman–Crippen LogP) is 2.63. The van der Waals surface area contributed by atoms with Gasteiger partial charge in [-0.15, -0.1) is 0 Å². The summed E-state index contributed by atoms with van der Waals surface area (Å²) in [7, 11) is 0. The molecule has 0 spiro atoms. The van der Waals surface area contributed by atoms with E-state index in [-0.39, 0.29) is 22.7 Å². The molecule has 0 aliphatic carbocycles. The van der Waals surface area contributed by atoms with Crippen molar-refractivity contribution in [1.29, 1.82) is 0 Å². The fourth-order valence-electron chi connectivity index (χ4n) is 1.75. The average Bonchev–Trinajstić information content (AvgIpc) is 2.41. The van der Waals surface area contributed by atoms with Crippen LogP contribution in [0.1, 0.15) is 31.8 Å². The van der Waals surface area contributed by atoms with Crippen LogP contribution in [0.4, 0.5) is 0 Å². The minimum absolute atomic E-state index is 0.0853. The minimum Gasteiger partial charge on any atom is -0.507 e. The molecule has 19 heavy (non-hydrogen) atoms. The Morgan fingerprint density at radius 3 is 2.11 bits per heavy atom. The summed E-state index contributed by atoms with van der Waals surface area (Å²) in [5, 5.41) is 18.5. The second-order valence-corrected chi connectivity index (χ2v) is 4.23. The quantitative estimate of drug-likeness (QED) is 0.828. The predicted molar refractivity (Wildman–Crippen MR) is 69.7 cm³/mol. The number of carboxylic acids is 1.